The Morgan fingerprint density at radius 3 is 2.33 bits per heavy atom. The summed E-state index contributed by atoms with van der Waals surface area (Å²) in [6.07, 6.45) is -8.93. The van der Waals surface area contributed by atoms with E-state index in [1.165, 1.54) is 24.5 Å². The topological polar surface area (TPSA) is 121 Å². The molecule has 1 N–H and O–H groups in total. The van der Waals surface area contributed by atoms with Gasteiger partial charge in [0, 0.05) is 23.6 Å². The number of carbonyl (C=O) groups is 1. The normalized spacial score (nSPS) is 11.9. The summed E-state index contributed by atoms with van der Waals surface area (Å²) in [6, 6.07) is 11.2. The molecule has 0 aliphatic rings. The first-order valence-electron chi connectivity index (χ1n) is 11.8. The summed E-state index contributed by atoms with van der Waals surface area (Å²) in [4.78, 5) is 23.1. The van der Waals surface area contributed by atoms with Gasteiger partial charge in [-0.15, -0.1) is 10.2 Å². The van der Waals surface area contributed by atoms with Crippen molar-refractivity contribution < 1.29 is 44.7 Å². The predicted octanol–water partition coefficient (Wildman–Crippen LogP) is 6.05. The highest BCUT2D eigenvalue weighted by molar-refractivity contribution is 5.96. The number of fused-ring (bicyclic) bond motifs is 1. The van der Waals surface area contributed by atoms with Crippen LogP contribution < -0.4 is 5.32 Å². The van der Waals surface area contributed by atoms with E-state index in [1.54, 1.807) is 30.3 Å². The number of nitrogens with zero attached hydrogens (tertiary/aromatic N) is 6. The number of hydrogen-bond acceptors (Lipinski definition) is 9. The molecule has 0 aliphatic heterocycles. The van der Waals surface area contributed by atoms with Gasteiger partial charge in [0.25, 0.3) is 11.8 Å². The molecule has 0 fully saturated rings. The Labute approximate surface area is 230 Å². The second-order valence-electron chi connectivity index (χ2n) is 8.48. The lowest BCUT2D eigenvalue weighted by atomic mass is 10.0. The second-order valence-corrected chi connectivity index (χ2v) is 8.48. The van der Waals surface area contributed by atoms with Crippen LogP contribution in [0.2, 0.25) is 0 Å². The van der Waals surface area contributed by atoms with Crippen molar-refractivity contribution in [3.05, 3.63) is 66.6 Å². The highest BCUT2D eigenvalue weighted by Gasteiger charge is 2.38. The minimum absolute atomic E-state index is 0.0290. The lowest BCUT2D eigenvalue weighted by molar-refractivity contribution is -0.157. The van der Waals surface area contributed by atoms with Gasteiger partial charge in [-0.1, -0.05) is 30.3 Å². The van der Waals surface area contributed by atoms with Gasteiger partial charge in [-0.3, -0.25) is 0 Å². The highest BCUT2D eigenvalue weighted by Crippen LogP contribution is 2.37. The second kappa shape index (κ2) is 11.4. The molecule has 2 aromatic carbocycles. The Kier molecular flexibility index (Phi) is 7.73. The van der Waals surface area contributed by atoms with Gasteiger partial charge in [-0.05, 0) is 17.7 Å². The van der Waals surface area contributed by atoms with E-state index in [9.17, 15) is 35.5 Å². The molecule has 17 heteroatoms. The number of hydrogen-bond donors (Lipinski definition) is 1. The summed E-state index contributed by atoms with van der Waals surface area (Å²) in [6.45, 7) is -1.40. The number of ether oxygens (including phenoxy) is 1. The summed E-state index contributed by atoms with van der Waals surface area (Å²) in [5, 5.41) is 9.59. The first-order valence-corrected chi connectivity index (χ1v) is 11.8. The van der Waals surface area contributed by atoms with Gasteiger partial charge < -0.3 is 19.0 Å². The molecule has 3 heterocycles. The molecule has 3 aromatic heterocycles. The minimum Gasteiger partial charge on any atom is -0.460 e. The summed E-state index contributed by atoms with van der Waals surface area (Å²) >= 11 is 0. The third-order valence-electron chi connectivity index (χ3n) is 5.71. The van der Waals surface area contributed by atoms with Crippen LogP contribution in [0, 0.1) is 0 Å². The SMILES string of the molecule is O=C(OCCn1c(C(F)(F)F)nc2c(-c3ccccc3)cc(Nc3ncc(-c4nnc(C(F)F)o4)cn3)cc21)C(F)F. The molecule has 218 valence electrons. The number of esters is 1. The van der Waals surface area contributed by atoms with Crippen molar-refractivity contribution in [2.45, 2.75) is 25.6 Å². The standard InChI is InChI=1S/C25H16F7N7O3/c26-18(27)21-38-37-20(42-21)13-10-33-24(34-11-13)35-14-8-15(12-4-2-1-3-5-12)17-16(9-14)39(23(36-17)25(30,31)32)6-7-41-22(40)19(28)29/h1-5,8-11,18-19H,6-7H2,(H,33,34,35). The van der Waals surface area contributed by atoms with Crippen LogP contribution in [0.1, 0.15) is 18.1 Å². The summed E-state index contributed by atoms with van der Waals surface area (Å²) < 4.78 is 103. The average molecular weight is 595 g/mol. The third kappa shape index (κ3) is 5.98. The zero-order chi connectivity index (χ0) is 30.0. The molecule has 0 saturated heterocycles. The lowest BCUT2D eigenvalue weighted by Gasteiger charge is -2.13. The number of imidazole rings is 1. The minimum atomic E-state index is -4.94. The van der Waals surface area contributed by atoms with Gasteiger partial charge in [0.05, 0.1) is 23.1 Å². The molecule has 0 saturated carbocycles. The molecule has 5 rings (SSSR count). The molecule has 0 spiro atoms. The van der Waals surface area contributed by atoms with E-state index in [0.717, 1.165) is 0 Å². The molecule has 5 aromatic rings. The lowest BCUT2D eigenvalue weighted by Crippen LogP contribution is -2.20. The third-order valence-corrected chi connectivity index (χ3v) is 5.71. The summed E-state index contributed by atoms with van der Waals surface area (Å²) in [7, 11) is 0. The van der Waals surface area contributed by atoms with E-state index >= 15 is 0 Å². The van der Waals surface area contributed by atoms with Crippen LogP contribution in [0.3, 0.4) is 0 Å². The molecule has 0 bridgehead atoms. The number of aromatic nitrogens is 6. The number of anilines is 2. The van der Waals surface area contributed by atoms with Gasteiger partial charge in [-0.25, -0.2) is 19.7 Å². The zero-order valence-corrected chi connectivity index (χ0v) is 20.8. The summed E-state index contributed by atoms with van der Waals surface area (Å²) in [5.74, 6) is -4.36. The van der Waals surface area contributed by atoms with Crippen molar-refractivity contribution in [3.63, 3.8) is 0 Å². The number of carbonyl (C=O) groups excluding carboxylic acids is 1. The monoisotopic (exact) mass is 595 g/mol. The van der Waals surface area contributed by atoms with Crippen molar-refractivity contribution >= 4 is 28.6 Å². The first-order chi connectivity index (χ1) is 20.0. The molecule has 0 unspecified atom stereocenters. The molecular formula is C25H16F7N7O3. The first kappa shape index (κ1) is 28.4. The Bertz CT molecular complexity index is 1710. The fourth-order valence-electron chi connectivity index (χ4n) is 3.95. The van der Waals surface area contributed by atoms with Crippen LogP contribution in [0.5, 0.6) is 0 Å². The van der Waals surface area contributed by atoms with Crippen LogP contribution in [0.4, 0.5) is 42.4 Å². The van der Waals surface area contributed by atoms with E-state index in [1.807, 2.05) is 0 Å². The fourth-order valence-corrected chi connectivity index (χ4v) is 3.95. The van der Waals surface area contributed by atoms with Crippen LogP contribution in [-0.2, 0) is 22.3 Å². The van der Waals surface area contributed by atoms with E-state index in [0.29, 0.717) is 10.1 Å². The highest BCUT2D eigenvalue weighted by atomic mass is 19.4. The van der Waals surface area contributed by atoms with Gasteiger partial charge in [0.15, 0.2) is 0 Å². The average Bonchev–Trinajstić information content (AvgIpc) is 3.60. The van der Waals surface area contributed by atoms with E-state index in [2.05, 4.69) is 35.2 Å². The maximum Gasteiger partial charge on any atom is 0.449 e. The van der Waals surface area contributed by atoms with Crippen molar-refractivity contribution in [3.8, 4) is 22.6 Å². The molecule has 42 heavy (non-hydrogen) atoms. The van der Waals surface area contributed by atoms with Gasteiger partial charge in [0.1, 0.15) is 6.61 Å². The molecule has 0 radical (unpaired) electrons. The van der Waals surface area contributed by atoms with Crippen molar-refractivity contribution in [1.82, 2.24) is 29.7 Å². The molecule has 0 amide bonds. The van der Waals surface area contributed by atoms with Gasteiger partial charge in [-0.2, -0.15) is 30.7 Å². The number of halogens is 7. The molecule has 10 nitrogen and oxygen atoms in total. The Morgan fingerprint density at radius 1 is 1.00 bits per heavy atom. The van der Waals surface area contributed by atoms with E-state index in [-0.39, 0.29) is 39.7 Å². The summed E-state index contributed by atoms with van der Waals surface area (Å²) in [5.41, 5.74) is 1.03. The van der Waals surface area contributed by atoms with Gasteiger partial charge >= 0.3 is 25.0 Å². The number of alkyl halides is 7. The maximum atomic E-state index is 14.0. The maximum absolute atomic E-state index is 14.0. The fraction of sp³-hybridized carbons (Fsp3) is 0.200. The molecule has 0 atom stereocenters. The van der Waals surface area contributed by atoms with Crippen LogP contribution >= 0.6 is 0 Å². The zero-order valence-electron chi connectivity index (χ0n) is 20.8. The molecule has 0 aliphatic carbocycles. The van der Waals surface area contributed by atoms with Gasteiger partial charge in [0.2, 0.25) is 11.8 Å². The Balaban J connectivity index is 1.54. The van der Waals surface area contributed by atoms with Crippen molar-refractivity contribution in [2.24, 2.45) is 0 Å². The van der Waals surface area contributed by atoms with Crippen molar-refractivity contribution in [2.75, 3.05) is 11.9 Å². The molecular weight excluding hydrogens is 579 g/mol. The van der Waals surface area contributed by atoms with Crippen LogP contribution in [0.25, 0.3) is 33.6 Å². The predicted molar refractivity (Wildman–Crippen MR) is 131 cm³/mol. The number of nitrogens with one attached hydrogen (secondary N) is 1. The Hall–Kier alpha value is -5.09. The van der Waals surface area contributed by atoms with Crippen LogP contribution in [0.15, 0.2) is 59.3 Å². The van der Waals surface area contributed by atoms with Crippen LogP contribution in [-0.4, -0.2) is 48.7 Å². The number of rotatable bonds is 9. The quantitative estimate of drug-likeness (QED) is 0.160. The largest absolute Gasteiger partial charge is 0.460 e. The van der Waals surface area contributed by atoms with Crippen molar-refractivity contribution in [1.29, 1.82) is 0 Å². The smallest absolute Gasteiger partial charge is 0.449 e. The van der Waals surface area contributed by atoms with E-state index < -0.39 is 49.9 Å². The van der Waals surface area contributed by atoms with E-state index in [4.69, 9.17) is 4.42 Å². The number of benzene rings is 2. The Morgan fingerprint density at radius 2 is 1.71 bits per heavy atom.